The van der Waals surface area contributed by atoms with Crippen LogP contribution >= 0.6 is 0 Å². The molecule has 2 unspecified atom stereocenters. The molecule has 9 nitrogen and oxygen atoms in total. The van der Waals surface area contributed by atoms with Gasteiger partial charge < -0.3 is 19.3 Å². The highest BCUT2D eigenvalue weighted by Crippen LogP contribution is 2.15. The molecule has 1 aromatic rings. The Bertz CT molecular complexity index is 991. The van der Waals surface area contributed by atoms with E-state index in [1.807, 2.05) is 56.3 Å². The Kier molecular flexibility index (Phi) is 11.7. The van der Waals surface area contributed by atoms with Crippen LogP contribution in [0.25, 0.3) is 6.08 Å². The lowest BCUT2D eigenvalue weighted by Crippen LogP contribution is -2.41. The summed E-state index contributed by atoms with van der Waals surface area (Å²) in [5, 5.41) is 0. The summed E-state index contributed by atoms with van der Waals surface area (Å²) in [7, 11) is 0. The Balaban J connectivity index is 0.000000212. The fourth-order valence-electron chi connectivity index (χ4n) is 4.53. The van der Waals surface area contributed by atoms with Crippen molar-refractivity contribution in [3.63, 3.8) is 0 Å². The minimum atomic E-state index is -0.318. The number of amides is 4. The third-order valence-corrected chi connectivity index (χ3v) is 6.72. The number of ether oxygens (including phenoxy) is 2. The zero-order valence-corrected chi connectivity index (χ0v) is 22.4. The van der Waals surface area contributed by atoms with E-state index in [1.54, 1.807) is 9.80 Å². The number of hydrogen-bond acceptors (Lipinski definition) is 6. The van der Waals surface area contributed by atoms with Crippen LogP contribution in [0.5, 0.6) is 0 Å². The molecule has 0 aliphatic carbocycles. The quantitative estimate of drug-likeness (QED) is 0.435. The lowest BCUT2D eigenvalue weighted by Gasteiger charge is -2.28. The maximum Gasteiger partial charge on any atom is 0.253 e. The number of carbonyl (C=O) groups excluding carboxylic acids is 4. The molecule has 9 heteroatoms. The highest BCUT2D eigenvalue weighted by molar-refractivity contribution is 6.12. The molecule has 0 saturated carbocycles. The molecule has 0 radical (unpaired) electrons. The fourth-order valence-corrected chi connectivity index (χ4v) is 4.53. The van der Waals surface area contributed by atoms with Crippen molar-refractivity contribution in [2.24, 2.45) is 0 Å². The van der Waals surface area contributed by atoms with E-state index in [1.165, 1.54) is 12.2 Å². The van der Waals surface area contributed by atoms with Gasteiger partial charge in [-0.2, -0.15) is 0 Å². The average molecular weight is 526 g/mol. The fraction of sp³-hybridized carbons (Fsp3) is 0.517. The van der Waals surface area contributed by atoms with Gasteiger partial charge in [0.15, 0.2) is 0 Å². The molecule has 2 fully saturated rings. The van der Waals surface area contributed by atoms with E-state index in [9.17, 15) is 19.2 Å². The van der Waals surface area contributed by atoms with E-state index in [0.29, 0.717) is 26.0 Å². The highest BCUT2D eigenvalue weighted by Gasteiger charge is 2.26. The van der Waals surface area contributed by atoms with E-state index in [2.05, 4.69) is 0 Å². The summed E-state index contributed by atoms with van der Waals surface area (Å²) in [5.41, 5.74) is 1.16. The SMILES string of the molecule is CC(OC/C=C/c1ccccc1)N1CCCC1=O.CC(OCCN1C(=O)C=CC1=O)N1CCCCCC1=O. The van der Waals surface area contributed by atoms with Gasteiger partial charge in [-0.25, -0.2) is 0 Å². The third-order valence-electron chi connectivity index (χ3n) is 6.72. The van der Waals surface area contributed by atoms with Gasteiger partial charge in [-0.1, -0.05) is 48.9 Å². The van der Waals surface area contributed by atoms with Gasteiger partial charge in [-0.05, 0) is 38.7 Å². The van der Waals surface area contributed by atoms with Crippen molar-refractivity contribution in [3.8, 4) is 0 Å². The number of nitrogens with zero attached hydrogens (tertiary/aromatic N) is 3. The monoisotopic (exact) mass is 525 g/mol. The maximum absolute atomic E-state index is 11.9. The van der Waals surface area contributed by atoms with E-state index in [4.69, 9.17) is 9.47 Å². The van der Waals surface area contributed by atoms with Crippen molar-refractivity contribution in [2.75, 3.05) is 32.8 Å². The third kappa shape index (κ3) is 8.92. The van der Waals surface area contributed by atoms with Crippen LogP contribution in [-0.4, -0.2) is 83.6 Å². The normalized spacial score (nSPS) is 19.7. The Morgan fingerprint density at radius 2 is 1.39 bits per heavy atom. The first kappa shape index (κ1) is 29.3. The predicted molar refractivity (Wildman–Crippen MR) is 143 cm³/mol. The van der Waals surface area contributed by atoms with Gasteiger partial charge in [0.05, 0.1) is 19.8 Å². The summed E-state index contributed by atoms with van der Waals surface area (Å²) < 4.78 is 11.2. The summed E-state index contributed by atoms with van der Waals surface area (Å²) >= 11 is 0. The lowest BCUT2D eigenvalue weighted by atomic mass is 10.2. The lowest BCUT2D eigenvalue weighted by molar-refractivity contribution is -0.147. The summed E-state index contributed by atoms with van der Waals surface area (Å²) in [6, 6.07) is 10.1. The van der Waals surface area contributed by atoms with Gasteiger partial charge in [0.25, 0.3) is 11.8 Å². The summed E-state index contributed by atoms with van der Waals surface area (Å²) in [4.78, 5) is 50.8. The van der Waals surface area contributed by atoms with Crippen molar-refractivity contribution >= 4 is 29.7 Å². The highest BCUT2D eigenvalue weighted by atomic mass is 16.5. The molecular formula is C29H39N3O6. The zero-order valence-electron chi connectivity index (χ0n) is 22.4. The molecule has 3 heterocycles. The minimum Gasteiger partial charge on any atom is -0.357 e. The molecule has 3 aliphatic heterocycles. The largest absolute Gasteiger partial charge is 0.357 e. The first-order chi connectivity index (χ1) is 18.4. The number of likely N-dealkylation sites (tertiary alicyclic amines) is 2. The number of carbonyl (C=O) groups is 4. The van der Waals surface area contributed by atoms with Crippen molar-refractivity contribution in [3.05, 3.63) is 54.1 Å². The van der Waals surface area contributed by atoms with E-state index in [0.717, 1.165) is 42.7 Å². The van der Waals surface area contributed by atoms with Crippen molar-refractivity contribution in [2.45, 2.75) is 64.8 Å². The number of imide groups is 1. The van der Waals surface area contributed by atoms with Gasteiger partial charge in [-0.15, -0.1) is 0 Å². The molecule has 0 spiro atoms. The van der Waals surface area contributed by atoms with Crippen LogP contribution in [0.4, 0.5) is 0 Å². The Hall–Kier alpha value is -3.30. The smallest absolute Gasteiger partial charge is 0.253 e. The van der Waals surface area contributed by atoms with Crippen molar-refractivity contribution in [1.29, 1.82) is 0 Å². The Morgan fingerprint density at radius 1 is 0.789 bits per heavy atom. The van der Waals surface area contributed by atoms with E-state index >= 15 is 0 Å². The Labute approximate surface area is 225 Å². The maximum atomic E-state index is 11.9. The summed E-state index contributed by atoms with van der Waals surface area (Å²) in [6.07, 6.45) is 11.2. The molecule has 38 heavy (non-hydrogen) atoms. The first-order valence-corrected chi connectivity index (χ1v) is 13.4. The molecule has 1 aromatic carbocycles. The molecule has 0 bridgehead atoms. The van der Waals surface area contributed by atoms with Crippen molar-refractivity contribution in [1.82, 2.24) is 14.7 Å². The second-order valence-corrected chi connectivity index (χ2v) is 9.47. The molecule has 2 atom stereocenters. The van der Waals surface area contributed by atoms with Gasteiger partial charge >= 0.3 is 0 Å². The van der Waals surface area contributed by atoms with Gasteiger partial charge in [0, 0.05) is 38.1 Å². The van der Waals surface area contributed by atoms with E-state index in [-0.39, 0.29) is 49.2 Å². The van der Waals surface area contributed by atoms with Gasteiger partial charge in [-0.3, -0.25) is 24.1 Å². The average Bonchev–Trinajstić information content (AvgIpc) is 3.41. The molecule has 3 aliphatic rings. The second-order valence-electron chi connectivity index (χ2n) is 9.47. The second kappa shape index (κ2) is 15.2. The number of rotatable bonds is 10. The van der Waals surface area contributed by atoms with Crippen LogP contribution < -0.4 is 0 Å². The first-order valence-electron chi connectivity index (χ1n) is 13.4. The predicted octanol–water partition coefficient (Wildman–Crippen LogP) is 3.36. The zero-order chi connectivity index (χ0) is 27.3. The Morgan fingerprint density at radius 3 is 2.03 bits per heavy atom. The van der Waals surface area contributed by atoms with Crippen LogP contribution in [0.2, 0.25) is 0 Å². The molecular weight excluding hydrogens is 486 g/mol. The van der Waals surface area contributed by atoms with Crippen LogP contribution in [0, 0.1) is 0 Å². The van der Waals surface area contributed by atoms with Crippen LogP contribution in [-0.2, 0) is 28.7 Å². The molecule has 0 aromatic heterocycles. The van der Waals surface area contributed by atoms with Crippen LogP contribution in [0.15, 0.2) is 48.6 Å². The van der Waals surface area contributed by atoms with Crippen LogP contribution in [0.3, 0.4) is 0 Å². The summed E-state index contributed by atoms with van der Waals surface area (Å²) in [5.74, 6) is -0.297. The summed E-state index contributed by atoms with van der Waals surface area (Å²) in [6.45, 7) is 6.28. The molecule has 4 rings (SSSR count). The van der Waals surface area contributed by atoms with Crippen molar-refractivity contribution < 1.29 is 28.7 Å². The van der Waals surface area contributed by atoms with Gasteiger partial charge in [0.1, 0.15) is 12.5 Å². The molecule has 2 saturated heterocycles. The molecule has 206 valence electrons. The standard InChI is InChI=1S/C15H19NO2.C14H20N2O4/c1-13(16-11-5-10-15(16)17)18-12-6-9-14-7-3-2-4-8-14;1-11(15-8-4-2-3-5-12(15)17)20-10-9-16-13(18)6-7-14(16)19/h2-4,6-9,13H,5,10-12H2,1H3;6-7,11H,2-5,8-10H2,1H3/b9-6+;. The molecule has 4 amide bonds. The topological polar surface area (TPSA) is 96.5 Å². The van der Waals surface area contributed by atoms with Gasteiger partial charge in [0.2, 0.25) is 11.8 Å². The van der Waals surface area contributed by atoms with E-state index < -0.39 is 0 Å². The van der Waals surface area contributed by atoms with Crippen LogP contribution in [0.1, 0.15) is 57.9 Å². The number of benzene rings is 1. The minimum absolute atomic E-state index is 0.116. The molecule has 0 N–H and O–H groups in total. The number of hydrogen-bond donors (Lipinski definition) is 0.